The van der Waals surface area contributed by atoms with Crippen molar-refractivity contribution < 1.29 is 0 Å². The number of nitrogens with zero attached hydrogens (tertiary/aromatic N) is 2. The topological polar surface area (TPSA) is 37.8 Å². The van der Waals surface area contributed by atoms with Crippen LogP contribution in [0.1, 0.15) is 4.88 Å². The quantitative estimate of drug-likeness (QED) is 0.942. The molecule has 3 nitrogen and oxygen atoms in total. The summed E-state index contributed by atoms with van der Waals surface area (Å²) in [5.41, 5.74) is 0. The van der Waals surface area contributed by atoms with Crippen LogP contribution in [0, 0.1) is 0 Å². The minimum atomic E-state index is 0.535. The third kappa shape index (κ3) is 2.90. The Bertz CT molecular complexity index is 460. The predicted molar refractivity (Wildman–Crippen MR) is 66.4 cm³/mol. The molecule has 0 aliphatic heterocycles. The molecule has 0 fully saturated rings. The molecule has 15 heavy (non-hydrogen) atoms. The third-order valence-electron chi connectivity index (χ3n) is 1.73. The van der Waals surface area contributed by atoms with Crippen LogP contribution < -0.4 is 5.32 Å². The van der Waals surface area contributed by atoms with E-state index in [-0.39, 0.29) is 0 Å². The van der Waals surface area contributed by atoms with Gasteiger partial charge in [-0.1, -0.05) is 11.6 Å². The van der Waals surface area contributed by atoms with Crippen molar-refractivity contribution >= 4 is 44.7 Å². The summed E-state index contributed by atoms with van der Waals surface area (Å²) in [6.45, 7) is 0.715. The fraction of sp³-hybridized carbons (Fsp3) is 0.111. The lowest BCUT2D eigenvalue weighted by molar-refractivity contribution is 1.10. The first kappa shape index (κ1) is 10.9. The maximum atomic E-state index is 5.90. The van der Waals surface area contributed by atoms with Gasteiger partial charge in [0.1, 0.15) is 17.2 Å². The Labute approximate surface area is 105 Å². The van der Waals surface area contributed by atoms with Crippen molar-refractivity contribution in [3.63, 3.8) is 0 Å². The van der Waals surface area contributed by atoms with Crippen LogP contribution in [0.3, 0.4) is 0 Å². The third-order valence-corrected chi connectivity index (χ3v) is 3.63. The lowest BCUT2D eigenvalue weighted by Gasteiger charge is -2.04. The van der Waals surface area contributed by atoms with Gasteiger partial charge in [0.05, 0.1) is 16.5 Å². The summed E-state index contributed by atoms with van der Waals surface area (Å²) in [5, 5.41) is 3.68. The highest BCUT2D eigenvalue weighted by atomic mass is 79.9. The first-order chi connectivity index (χ1) is 7.25. The average molecular weight is 305 g/mol. The molecule has 2 aromatic rings. The van der Waals surface area contributed by atoms with Crippen molar-refractivity contribution in [2.24, 2.45) is 0 Å². The number of hydrogen-bond donors (Lipinski definition) is 1. The molecular weight excluding hydrogens is 298 g/mol. The minimum absolute atomic E-state index is 0.535. The van der Waals surface area contributed by atoms with Gasteiger partial charge in [0, 0.05) is 4.88 Å². The van der Waals surface area contributed by atoms with Gasteiger partial charge in [0.2, 0.25) is 0 Å². The zero-order valence-electron chi connectivity index (χ0n) is 7.58. The molecule has 0 aliphatic carbocycles. The largest absolute Gasteiger partial charge is 0.364 e. The standard InChI is InChI=1S/C9H7BrClN3S/c10-8-2-1-6(15-8)3-13-9-7(11)4-12-5-14-9/h1-2,4-5H,3H2,(H,12,13,14). The summed E-state index contributed by atoms with van der Waals surface area (Å²) in [6, 6.07) is 4.07. The van der Waals surface area contributed by atoms with Gasteiger partial charge >= 0.3 is 0 Å². The van der Waals surface area contributed by atoms with Crippen molar-refractivity contribution in [2.45, 2.75) is 6.54 Å². The average Bonchev–Trinajstić information content (AvgIpc) is 2.63. The molecule has 78 valence electrons. The Morgan fingerprint density at radius 3 is 3.00 bits per heavy atom. The van der Waals surface area contributed by atoms with Gasteiger partial charge in [-0.2, -0.15) is 0 Å². The van der Waals surface area contributed by atoms with Crippen LogP contribution in [-0.2, 0) is 6.54 Å². The van der Waals surface area contributed by atoms with Crippen LogP contribution in [0.4, 0.5) is 5.82 Å². The van der Waals surface area contributed by atoms with Crippen molar-refractivity contribution in [1.82, 2.24) is 9.97 Å². The van der Waals surface area contributed by atoms with Crippen LogP contribution in [0.15, 0.2) is 28.4 Å². The molecule has 0 unspecified atom stereocenters. The second kappa shape index (κ2) is 4.92. The van der Waals surface area contributed by atoms with E-state index in [1.807, 2.05) is 6.07 Å². The number of thiophene rings is 1. The molecule has 0 bridgehead atoms. The van der Waals surface area contributed by atoms with Gasteiger partial charge in [0.25, 0.3) is 0 Å². The highest BCUT2D eigenvalue weighted by Crippen LogP contribution is 2.23. The van der Waals surface area contributed by atoms with Crippen molar-refractivity contribution in [3.8, 4) is 0 Å². The van der Waals surface area contributed by atoms with Gasteiger partial charge < -0.3 is 5.32 Å². The number of anilines is 1. The van der Waals surface area contributed by atoms with E-state index in [0.717, 1.165) is 3.79 Å². The van der Waals surface area contributed by atoms with Crippen molar-refractivity contribution in [1.29, 1.82) is 0 Å². The van der Waals surface area contributed by atoms with Crippen LogP contribution >= 0.6 is 38.9 Å². The monoisotopic (exact) mass is 303 g/mol. The summed E-state index contributed by atoms with van der Waals surface area (Å²) < 4.78 is 1.12. The number of halogens is 2. The van der Waals surface area contributed by atoms with Gasteiger partial charge in [-0.05, 0) is 28.1 Å². The maximum absolute atomic E-state index is 5.90. The molecule has 1 N–H and O–H groups in total. The zero-order chi connectivity index (χ0) is 10.7. The first-order valence-corrected chi connectivity index (χ1v) is 6.18. The van der Waals surface area contributed by atoms with E-state index >= 15 is 0 Å². The highest BCUT2D eigenvalue weighted by Gasteiger charge is 2.02. The second-order valence-electron chi connectivity index (χ2n) is 2.78. The fourth-order valence-electron chi connectivity index (χ4n) is 1.06. The van der Waals surface area contributed by atoms with E-state index in [0.29, 0.717) is 17.4 Å². The second-order valence-corrected chi connectivity index (χ2v) is 5.73. The summed E-state index contributed by atoms with van der Waals surface area (Å²) in [6.07, 6.45) is 3.04. The van der Waals surface area contributed by atoms with Crippen LogP contribution in [0.5, 0.6) is 0 Å². The van der Waals surface area contributed by atoms with Crippen molar-refractivity contribution in [3.05, 3.63) is 38.3 Å². The lowest BCUT2D eigenvalue weighted by atomic mass is 10.4. The summed E-state index contributed by atoms with van der Waals surface area (Å²) >= 11 is 11.0. The molecule has 6 heteroatoms. The maximum Gasteiger partial charge on any atom is 0.148 e. The number of aromatic nitrogens is 2. The minimum Gasteiger partial charge on any atom is -0.364 e. The zero-order valence-corrected chi connectivity index (χ0v) is 10.7. The van der Waals surface area contributed by atoms with E-state index in [9.17, 15) is 0 Å². The molecule has 0 aromatic carbocycles. The smallest absolute Gasteiger partial charge is 0.148 e. The molecule has 2 aromatic heterocycles. The molecule has 0 saturated carbocycles. The molecule has 0 amide bonds. The molecule has 2 rings (SSSR count). The predicted octanol–water partition coefficient (Wildman–Crippen LogP) is 3.57. The Kier molecular flexibility index (Phi) is 3.56. The molecule has 0 aliphatic rings. The van der Waals surface area contributed by atoms with Gasteiger partial charge in [-0.3, -0.25) is 0 Å². The molecular formula is C9H7BrClN3S. The van der Waals surface area contributed by atoms with E-state index in [1.54, 1.807) is 17.5 Å². The molecule has 0 spiro atoms. The molecule has 0 saturated heterocycles. The normalized spacial score (nSPS) is 10.3. The van der Waals surface area contributed by atoms with E-state index in [1.165, 1.54) is 11.2 Å². The van der Waals surface area contributed by atoms with Crippen LogP contribution in [-0.4, -0.2) is 9.97 Å². The lowest BCUT2D eigenvalue weighted by Crippen LogP contribution is -2.00. The SMILES string of the molecule is Clc1cncnc1NCc1ccc(Br)s1. The van der Waals surface area contributed by atoms with E-state index in [2.05, 4.69) is 37.3 Å². The molecule has 0 radical (unpaired) electrons. The Morgan fingerprint density at radius 2 is 2.33 bits per heavy atom. The number of hydrogen-bond acceptors (Lipinski definition) is 4. The van der Waals surface area contributed by atoms with E-state index < -0.39 is 0 Å². The number of nitrogens with one attached hydrogen (secondary N) is 1. The Morgan fingerprint density at radius 1 is 1.47 bits per heavy atom. The van der Waals surface area contributed by atoms with Crippen LogP contribution in [0.25, 0.3) is 0 Å². The highest BCUT2D eigenvalue weighted by molar-refractivity contribution is 9.11. The van der Waals surface area contributed by atoms with Gasteiger partial charge in [0.15, 0.2) is 0 Å². The molecule has 2 heterocycles. The van der Waals surface area contributed by atoms with Crippen molar-refractivity contribution in [2.75, 3.05) is 5.32 Å². The number of rotatable bonds is 3. The summed E-state index contributed by atoms with van der Waals surface area (Å²) in [5.74, 6) is 0.663. The fourth-order valence-corrected chi connectivity index (χ4v) is 2.66. The summed E-state index contributed by atoms with van der Waals surface area (Å²) in [7, 11) is 0. The van der Waals surface area contributed by atoms with Gasteiger partial charge in [-0.15, -0.1) is 11.3 Å². The Balaban J connectivity index is 2.02. The van der Waals surface area contributed by atoms with Gasteiger partial charge in [-0.25, -0.2) is 9.97 Å². The Hall–Kier alpha value is -0.650. The molecule has 0 atom stereocenters. The first-order valence-electron chi connectivity index (χ1n) is 4.19. The van der Waals surface area contributed by atoms with E-state index in [4.69, 9.17) is 11.6 Å². The summed E-state index contributed by atoms with van der Waals surface area (Å²) in [4.78, 5) is 9.07. The van der Waals surface area contributed by atoms with Crippen LogP contribution in [0.2, 0.25) is 5.02 Å².